The zero-order valence-corrected chi connectivity index (χ0v) is 11.0. The molecule has 2 rings (SSSR count). The van der Waals surface area contributed by atoms with Crippen LogP contribution >= 0.6 is 11.6 Å². The van der Waals surface area contributed by atoms with E-state index < -0.39 is 0 Å². The number of alkyl halides is 1. The third-order valence-corrected chi connectivity index (χ3v) is 2.91. The quantitative estimate of drug-likeness (QED) is 0.780. The molecule has 0 saturated heterocycles. The maximum absolute atomic E-state index is 9.04. The molecule has 96 valence electrons. The maximum atomic E-state index is 9.04. The summed E-state index contributed by atoms with van der Waals surface area (Å²) in [7, 11) is 0. The van der Waals surface area contributed by atoms with Gasteiger partial charge in [-0.25, -0.2) is 4.98 Å². The SMILES string of the molecule is N#Cc1cccnc1OC(CCCl)c1ccccc1. The van der Waals surface area contributed by atoms with Crippen molar-refractivity contribution in [2.24, 2.45) is 0 Å². The van der Waals surface area contributed by atoms with Crippen molar-refractivity contribution < 1.29 is 4.74 Å². The summed E-state index contributed by atoms with van der Waals surface area (Å²) in [6, 6.07) is 15.3. The molecule has 1 unspecified atom stereocenters. The molecule has 0 spiro atoms. The van der Waals surface area contributed by atoms with Crippen LogP contribution in [0.5, 0.6) is 5.88 Å². The van der Waals surface area contributed by atoms with Gasteiger partial charge in [-0.15, -0.1) is 11.6 Å². The van der Waals surface area contributed by atoms with E-state index in [4.69, 9.17) is 21.6 Å². The Morgan fingerprint density at radius 3 is 2.68 bits per heavy atom. The van der Waals surface area contributed by atoms with Crippen LogP contribution in [0.4, 0.5) is 0 Å². The highest BCUT2D eigenvalue weighted by Crippen LogP contribution is 2.25. The Hall–Kier alpha value is -2.05. The lowest BCUT2D eigenvalue weighted by Crippen LogP contribution is -2.10. The van der Waals surface area contributed by atoms with Crippen LogP contribution in [0.2, 0.25) is 0 Å². The lowest BCUT2D eigenvalue weighted by Gasteiger charge is -2.18. The summed E-state index contributed by atoms with van der Waals surface area (Å²) in [5.74, 6) is 0.831. The van der Waals surface area contributed by atoms with Gasteiger partial charge in [-0.1, -0.05) is 30.3 Å². The Balaban J connectivity index is 2.24. The van der Waals surface area contributed by atoms with Crippen molar-refractivity contribution >= 4 is 11.6 Å². The van der Waals surface area contributed by atoms with Gasteiger partial charge in [0.25, 0.3) is 0 Å². The van der Waals surface area contributed by atoms with E-state index in [0.717, 1.165) is 5.56 Å². The normalized spacial score (nSPS) is 11.6. The topological polar surface area (TPSA) is 45.9 Å². The highest BCUT2D eigenvalue weighted by molar-refractivity contribution is 6.17. The van der Waals surface area contributed by atoms with Gasteiger partial charge in [0.2, 0.25) is 5.88 Å². The Kier molecular flexibility index (Phi) is 4.77. The number of ether oxygens (including phenoxy) is 1. The zero-order chi connectivity index (χ0) is 13.5. The molecule has 19 heavy (non-hydrogen) atoms. The number of nitriles is 1. The predicted octanol–water partition coefficient (Wildman–Crippen LogP) is 3.70. The molecule has 0 fully saturated rings. The third-order valence-electron chi connectivity index (χ3n) is 2.69. The molecule has 0 N–H and O–H groups in total. The first-order valence-electron chi connectivity index (χ1n) is 5.98. The molecule has 1 aromatic heterocycles. The van der Waals surface area contributed by atoms with Gasteiger partial charge < -0.3 is 4.74 Å². The smallest absolute Gasteiger partial charge is 0.232 e. The predicted molar refractivity (Wildman–Crippen MR) is 74.1 cm³/mol. The molecule has 0 aliphatic carbocycles. The van der Waals surface area contributed by atoms with E-state index in [1.54, 1.807) is 18.3 Å². The summed E-state index contributed by atoms with van der Waals surface area (Å²) in [4.78, 5) is 4.11. The molecule has 0 radical (unpaired) electrons. The summed E-state index contributed by atoms with van der Waals surface area (Å²) in [5, 5.41) is 9.04. The largest absolute Gasteiger partial charge is 0.468 e. The molecule has 0 amide bonds. The Bertz CT molecular complexity index is 566. The summed E-state index contributed by atoms with van der Waals surface area (Å²) in [6.07, 6.45) is 2.08. The highest BCUT2D eigenvalue weighted by Gasteiger charge is 2.15. The number of pyridine rings is 1. The average Bonchev–Trinajstić information content (AvgIpc) is 2.48. The van der Waals surface area contributed by atoms with Crippen molar-refractivity contribution in [3.8, 4) is 11.9 Å². The molecule has 1 aromatic carbocycles. The van der Waals surface area contributed by atoms with Crippen molar-refractivity contribution in [3.63, 3.8) is 0 Å². The van der Waals surface area contributed by atoms with E-state index in [9.17, 15) is 0 Å². The molecule has 0 aliphatic rings. The number of hydrogen-bond acceptors (Lipinski definition) is 3. The maximum Gasteiger partial charge on any atom is 0.232 e. The van der Waals surface area contributed by atoms with Crippen LogP contribution < -0.4 is 4.74 Å². The Labute approximate surface area is 117 Å². The average molecular weight is 273 g/mol. The minimum absolute atomic E-state index is 0.194. The number of benzene rings is 1. The third kappa shape index (κ3) is 3.46. The summed E-state index contributed by atoms with van der Waals surface area (Å²) in [6.45, 7) is 0. The van der Waals surface area contributed by atoms with Crippen LogP contribution in [-0.4, -0.2) is 10.9 Å². The van der Waals surface area contributed by atoms with E-state index in [1.807, 2.05) is 30.3 Å². The number of nitrogens with zero attached hydrogens (tertiary/aromatic N) is 2. The van der Waals surface area contributed by atoms with Crippen molar-refractivity contribution in [2.45, 2.75) is 12.5 Å². The van der Waals surface area contributed by atoms with Crippen LogP contribution in [0.1, 0.15) is 23.7 Å². The molecule has 2 aromatic rings. The number of hydrogen-bond donors (Lipinski definition) is 0. The number of rotatable bonds is 5. The summed E-state index contributed by atoms with van der Waals surface area (Å²) >= 11 is 5.82. The van der Waals surface area contributed by atoms with Crippen LogP contribution in [0, 0.1) is 11.3 Å². The molecule has 0 bridgehead atoms. The van der Waals surface area contributed by atoms with E-state index in [-0.39, 0.29) is 6.10 Å². The van der Waals surface area contributed by atoms with Gasteiger partial charge in [-0.3, -0.25) is 0 Å². The fourth-order valence-electron chi connectivity index (χ4n) is 1.76. The first-order valence-corrected chi connectivity index (χ1v) is 6.51. The molecular weight excluding hydrogens is 260 g/mol. The summed E-state index contributed by atoms with van der Waals surface area (Å²) in [5.41, 5.74) is 1.45. The van der Waals surface area contributed by atoms with Gasteiger partial charge >= 0.3 is 0 Å². The van der Waals surface area contributed by atoms with Gasteiger partial charge in [0.15, 0.2) is 0 Å². The Morgan fingerprint density at radius 2 is 2.00 bits per heavy atom. The van der Waals surface area contributed by atoms with Gasteiger partial charge in [-0.2, -0.15) is 5.26 Å². The van der Waals surface area contributed by atoms with Crippen molar-refractivity contribution in [1.82, 2.24) is 4.98 Å². The monoisotopic (exact) mass is 272 g/mol. The summed E-state index contributed by atoms with van der Waals surface area (Å²) < 4.78 is 5.84. The fraction of sp³-hybridized carbons (Fsp3) is 0.200. The standard InChI is InChI=1S/C15H13ClN2O/c16-9-8-14(12-5-2-1-3-6-12)19-15-13(11-17)7-4-10-18-15/h1-7,10,14H,8-9H2. The molecule has 4 heteroatoms. The second-order valence-corrected chi connectivity index (χ2v) is 4.34. The second kappa shape index (κ2) is 6.77. The zero-order valence-electron chi connectivity index (χ0n) is 10.3. The van der Waals surface area contributed by atoms with Gasteiger partial charge in [-0.05, 0) is 17.7 Å². The first-order chi connectivity index (χ1) is 9.35. The number of halogens is 1. The lowest BCUT2D eigenvalue weighted by molar-refractivity contribution is 0.193. The fourth-order valence-corrected chi connectivity index (χ4v) is 1.96. The molecular formula is C15H13ClN2O. The van der Waals surface area contributed by atoms with Crippen LogP contribution in [0.3, 0.4) is 0 Å². The van der Waals surface area contributed by atoms with Gasteiger partial charge in [0, 0.05) is 18.5 Å². The molecule has 0 saturated carbocycles. The Morgan fingerprint density at radius 1 is 1.21 bits per heavy atom. The molecule has 0 aliphatic heterocycles. The van der Waals surface area contributed by atoms with E-state index in [1.165, 1.54) is 0 Å². The van der Waals surface area contributed by atoms with Crippen molar-refractivity contribution in [3.05, 3.63) is 59.8 Å². The minimum atomic E-state index is -0.194. The van der Waals surface area contributed by atoms with Gasteiger partial charge in [0.1, 0.15) is 17.7 Å². The van der Waals surface area contributed by atoms with E-state index >= 15 is 0 Å². The highest BCUT2D eigenvalue weighted by atomic mass is 35.5. The van der Waals surface area contributed by atoms with E-state index in [0.29, 0.717) is 23.7 Å². The van der Waals surface area contributed by atoms with Crippen LogP contribution in [-0.2, 0) is 0 Å². The molecule has 1 atom stereocenters. The van der Waals surface area contributed by atoms with Crippen LogP contribution in [0.15, 0.2) is 48.7 Å². The lowest BCUT2D eigenvalue weighted by atomic mass is 10.1. The molecule has 1 heterocycles. The number of aromatic nitrogens is 1. The van der Waals surface area contributed by atoms with Crippen molar-refractivity contribution in [2.75, 3.05) is 5.88 Å². The molecule has 3 nitrogen and oxygen atoms in total. The van der Waals surface area contributed by atoms with Crippen LogP contribution in [0.25, 0.3) is 0 Å². The first kappa shape index (κ1) is 13.4. The van der Waals surface area contributed by atoms with Gasteiger partial charge in [0.05, 0.1) is 0 Å². The minimum Gasteiger partial charge on any atom is -0.468 e. The second-order valence-electron chi connectivity index (χ2n) is 3.96. The van der Waals surface area contributed by atoms with E-state index in [2.05, 4.69) is 11.1 Å². The van der Waals surface area contributed by atoms with Crippen molar-refractivity contribution in [1.29, 1.82) is 5.26 Å².